The summed E-state index contributed by atoms with van der Waals surface area (Å²) in [6, 6.07) is 0. The summed E-state index contributed by atoms with van der Waals surface area (Å²) in [5.74, 6) is -1.25. The first-order chi connectivity index (χ1) is 8.42. The molecule has 0 aliphatic rings. The van der Waals surface area contributed by atoms with Crippen LogP contribution in [0, 0.1) is 16.7 Å². The van der Waals surface area contributed by atoms with Gasteiger partial charge in [0.1, 0.15) is 0 Å². The minimum atomic E-state index is -1.53. The second-order valence-electron chi connectivity index (χ2n) is 6.87. The Morgan fingerprint density at radius 1 is 1.05 bits per heavy atom. The third-order valence-electron chi connectivity index (χ3n) is 3.79. The van der Waals surface area contributed by atoms with Crippen LogP contribution in [0.2, 0.25) is 0 Å². The van der Waals surface area contributed by atoms with Gasteiger partial charge >= 0.3 is 11.9 Å². The molecule has 0 saturated carbocycles. The topological polar surface area (TPSA) is 63.6 Å². The van der Waals surface area contributed by atoms with Gasteiger partial charge in [-0.15, -0.1) is 0 Å². The molecule has 0 fully saturated rings. The second-order valence-corrected chi connectivity index (χ2v) is 6.87. The molecule has 4 nitrogen and oxygen atoms in total. The van der Waals surface area contributed by atoms with E-state index in [-0.39, 0.29) is 6.10 Å². The number of hydrogen-bond donors (Lipinski definition) is 1. The maximum Gasteiger partial charge on any atom is 0.324 e. The van der Waals surface area contributed by atoms with Crippen molar-refractivity contribution in [3.05, 3.63) is 0 Å². The summed E-state index contributed by atoms with van der Waals surface area (Å²) in [5.41, 5.74) is -2.23. The summed E-state index contributed by atoms with van der Waals surface area (Å²) < 4.78 is 5.33. The van der Waals surface area contributed by atoms with Crippen molar-refractivity contribution in [1.82, 2.24) is 0 Å². The predicted molar refractivity (Wildman–Crippen MR) is 74.8 cm³/mol. The summed E-state index contributed by atoms with van der Waals surface area (Å²) in [6.45, 7) is 12.7. The molecular weight excluding hydrogens is 244 g/mol. The first-order valence-electron chi connectivity index (χ1n) is 6.87. The number of hydrogen-bond acceptors (Lipinski definition) is 3. The van der Waals surface area contributed by atoms with Crippen molar-refractivity contribution in [1.29, 1.82) is 0 Å². The molecule has 0 aromatic carbocycles. The van der Waals surface area contributed by atoms with Gasteiger partial charge in [0.2, 0.25) is 0 Å². The Bertz CT molecular complexity index is 328. The molecule has 19 heavy (non-hydrogen) atoms. The van der Waals surface area contributed by atoms with Crippen molar-refractivity contribution >= 4 is 11.9 Å². The maximum absolute atomic E-state index is 12.2. The lowest BCUT2D eigenvalue weighted by Crippen LogP contribution is -2.48. The summed E-state index contributed by atoms with van der Waals surface area (Å²) in [6.07, 6.45) is 1.45. The standard InChI is InChI=1S/C15H28O4/c1-10(2)8-9-11(3)19-13(18)15(7,12(16)17)14(4,5)6/h10-11H,8-9H2,1-7H3,(H,16,17). The van der Waals surface area contributed by atoms with Crippen LogP contribution in [-0.4, -0.2) is 23.1 Å². The fourth-order valence-electron chi connectivity index (χ4n) is 1.64. The molecule has 112 valence electrons. The molecule has 0 bridgehead atoms. The minimum Gasteiger partial charge on any atom is -0.480 e. The molecule has 0 aromatic heterocycles. The Hall–Kier alpha value is -1.06. The van der Waals surface area contributed by atoms with E-state index < -0.39 is 22.8 Å². The van der Waals surface area contributed by atoms with Crippen LogP contribution in [-0.2, 0) is 14.3 Å². The normalized spacial score (nSPS) is 16.8. The molecule has 1 N–H and O–H groups in total. The number of aliphatic carboxylic acids is 1. The molecule has 0 heterocycles. The summed E-state index contributed by atoms with van der Waals surface area (Å²) in [5, 5.41) is 9.37. The highest BCUT2D eigenvalue weighted by atomic mass is 16.5. The zero-order valence-corrected chi connectivity index (χ0v) is 13.2. The number of carbonyl (C=O) groups is 2. The molecule has 0 rings (SSSR count). The second kappa shape index (κ2) is 6.40. The van der Waals surface area contributed by atoms with E-state index in [1.165, 1.54) is 6.92 Å². The Morgan fingerprint density at radius 2 is 1.53 bits per heavy atom. The highest BCUT2D eigenvalue weighted by Gasteiger charge is 2.52. The van der Waals surface area contributed by atoms with E-state index in [1.807, 2.05) is 6.92 Å². The molecule has 2 unspecified atom stereocenters. The number of ether oxygens (including phenoxy) is 1. The maximum atomic E-state index is 12.2. The van der Waals surface area contributed by atoms with Crippen LogP contribution in [0.1, 0.15) is 61.3 Å². The van der Waals surface area contributed by atoms with Crippen LogP contribution in [0.5, 0.6) is 0 Å². The molecule has 4 heteroatoms. The lowest BCUT2D eigenvalue weighted by molar-refractivity contribution is -0.179. The predicted octanol–water partition coefficient (Wildman–Crippen LogP) is 3.49. The minimum absolute atomic E-state index is 0.254. The van der Waals surface area contributed by atoms with Gasteiger partial charge in [0.15, 0.2) is 5.41 Å². The highest BCUT2D eigenvalue weighted by Crippen LogP contribution is 2.40. The van der Waals surface area contributed by atoms with Crippen molar-refractivity contribution in [2.24, 2.45) is 16.7 Å². The number of esters is 1. The lowest BCUT2D eigenvalue weighted by Gasteiger charge is -2.36. The highest BCUT2D eigenvalue weighted by molar-refractivity contribution is 5.99. The van der Waals surface area contributed by atoms with Crippen LogP contribution in [0.15, 0.2) is 0 Å². The van der Waals surface area contributed by atoms with Gasteiger partial charge in [0.05, 0.1) is 6.10 Å². The van der Waals surface area contributed by atoms with Gasteiger partial charge in [0, 0.05) is 0 Å². The van der Waals surface area contributed by atoms with E-state index in [9.17, 15) is 14.7 Å². The Labute approximate surface area is 116 Å². The van der Waals surface area contributed by atoms with Crippen LogP contribution in [0.4, 0.5) is 0 Å². The molecule has 0 saturated heterocycles. The number of rotatable bonds is 6. The van der Waals surface area contributed by atoms with Gasteiger partial charge in [-0.05, 0) is 38.0 Å². The van der Waals surface area contributed by atoms with Crippen molar-refractivity contribution < 1.29 is 19.4 Å². The molecule has 0 spiro atoms. The van der Waals surface area contributed by atoms with E-state index in [4.69, 9.17) is 4.74 Å². The third kappa shape index (κ3) is 4.51. The van der Waals surface area contributed by atoms with Gasteiger partial charge in [0.25, 0.3) is 0 Å². The van der Waals surface area contributed by atoms with E-state index in [2.05, 4.69) is 13.8 Å². The molecule has 0 aromatic rings. The fourth-order valence-corrected chi connectivity index (χ4v) is 1.64. The monoisotopic (exact) mass is 272 g/mol. The van der Waals surface area contributed by atoms with Gasteiger partial charge in [-0.1, -0.05) is 34.6 Å². The smallest absolute Gasteiger partial charge is 0.324 e. The number of carboxylic acid groups (broad SMARTS) is 1. The Balaban J connectivity index is 4.82. The van der Waals surface area contributed by atoms with E-state index in [1.54, 1.807) is 20.8 Å². The third-order valence-corrected chi connectivity index (χ3v) is 3.79. The van der Waals surface area contributed by atoms with Crippen molar-refractivity contribution in [2.75, 3.05) is 0 Å². The molecule has 0 radical (unpaired) electrons. The summed E-state index contributed by atoms with van der Waals surface area (Å²) >= 11 is 0. The van der Waals surface area contributed by atoms with Gasteiger partial charge in [-0.3, -0.25) is 9.59 Å². The Morgan fingerprint density at radius 3 is 1.84 bits per heavy atom. The number of carboxylic acids is 1. The molecule has 0 amide bonds. The average molecular weight is 272 g/mol. The summed E-state index contributed by atoms with van der Waals surface area (Å²) in [4.78, 5) is 23.7. The van der Waals surface area contributed by atoms with E-state index >= 15 is 0 Å². The largest absolute Gasteiger partial charge is 0.480 e. The molecule has 2 atom stereocenters. The molecule has 0 aliphatic carbocycles. The molecular formula is C15H28O4. The van der Waals surface area contributed by atoms with Crippen LogP contribution in [0.3, 0.4) is 0 Å². The first kappa shape index (κ1) is 17.9. The average Bonchev–Trinajstić information content (AvgIpc) is 2.22. The van der Waals surface area contributed by atoms with Gasteiger partial charge in [-0.2, -0.15) is 0 Å². The van der Waals surface area contributed by atoms with Crippen molar-refractivity contribution in [3.8, 4) is 0 Å². The lowest BCUT2D eigenvalue weighted by atomic mass is 9.68. The zero-order valence-electron chi connectivity index (χ0n) is 13.2. The SMILES string of the molecule is CC(C)CCC(C)OC(=O)C(C)(C(=O)O)C(C)(C)C. The van der Waals surface area contributed by atoms with Crippen molar-refractivity contribution in [2.45, 2.75) is 67.4 Å². The summed E-state index contributed by atoms with van der Waals surface area (Å²) in [7, 11) is 0. The van der Waals surface area contributed by atoms with Gasteiger partial charge in [-0.25, -0.2) is 0 Å². The van der Waals surface area contributed by atoms with Crippen molar-refractivity contribution in [3.63, 3.8) is 0 Å². The number of carbonyl (C=O) groups excluding carboxylic acids is 1. The van der Waals surface area contributed by atoms with Gasteiger partial charge < -0.3 is 9.84 Å². The Kier molecular flexibility index (Phi) is 6.04. The zero-order chi connectivity index (χ0) is 15.4. The van der Waals surface area contributed by atoms with E-state index in [0.717, 1.165) is 12.8 Å². The quantitative estimate of drug-likeness (QED) is 0.594. The van der Waals surface area contributed by atoms with E-state index in [0.29, 0.717) is 5.92 Å². The van der Waals surface area contributed by atoms with Crippen LogP contribution < -0.4 is 0 Å². The fraction of sp³-hybridized carbons (Fsp3) is 0.867. The molecule has 0 aliphatic heterocycles. The van der Waals surface area contributed by atoms with Crippen LogP contribution >= 0.6 is 0 Å². The van der Waals surface area contributed by atoms with Crippen LogP contribution in [0.25, 0.3) is 0 Å². The first-order valence-corrected chi connectivity index (χ1v) is 6.87.